The number of benzene rings is 3. The highest BCUT2D eigenvalue weighted by molar-refractivity contribution is 7.99. The molecule has 1 aromatic heterocycles. The van der Waals surface area contributed by atoms with Gasteiger partial charge in [-0.15, -0.1) is 0 Å². The second-order valence-electron chi connectivity index (χ2n) is 7.42. The number of carbonyl (C=O) groups is 1. The summed E-state index contributed by atoms with van der Waals surface area (Å²) in [5.41, 5.74) is 2.95. The van der Waals surface area contributed by atoms with Gasteiger partial charge in [-0.2, -0.15) is 0 Å². The zero-order valence-corrected chi connectivity index (χ0v) is 19.7. The molecule has 0 aliphatic rings. The van der Waals surface area contributed by atoms with E-state index in [4.69, 9.17) is 16.3 Å². The number of rotatable bonds is 7. The molecule has 168 valence electrons. The van der Waals surface area contributed by atoms with Crippen molar-refractivity contribution in [2.75, 3.05) is 12.9 Å². The Labute approximate surface area is 200 Å². The molecule has 0 bridgehead atoms. The van der Waals surface area contributed by atoms with Crippen molar-refractivity contribution in [2.24, 2.45) is 0 Å². The third-order valence-electron chi connectivity index (χ3n) is 5.07. The van der Waals surface area contributed by atoms with Crippen LogP contribution in [0.5, 0.6) is 5.75 Å². The maximum Gasteiger partial charge on any atom is 0.266 e. The van der Waals surface area contributed by atoms with Crippen molar-refractivity contribution < 1.29 is 9.53 Å². The predicted octanol–water partition coefficient (Wildman–Crippen LogP) is 4.76. The molecule has 8 heteroatoms. The molecule has 0 saturated heterocycles. The fraction of sp³-hybridized carbons (Fsp3) is 0.160. The van der Waals surface area contributed by atoms with Gasteiger partial charge in [-0.1, -0.05) is 65.3 Å². The van der Waals surface area contributed by atoms with E-state index in [1.165, 1.54) is 16.3 Å². The molecular weight excluding hydrogens is 458 g/mol. The average Bonchev–Trinajstić information content (AvgIpc) is 2.82. The highest BCUT2D eigenvalue weighted by atomic mass is 35.5. The fourth-order valence-electron chi connectivity index (χ4n) is 3.35. The number of nitrogens with zero attached hydrogens (tertiary/aromatic N) is 2. The molecule has 0 saturated carbocycles. The quantitative estimate of drug-likeness (QED) is 0.305. The van der Waals surface area contributed by atoms with Gasteiger partial charge in [0.05, 0.1) is 29.5 Å². The number of nitrogens with one attached hydrogen (secondary N) is 1. The first-order chi connectivity index (χ1) is 16.0. The van der Waals surface area contributed by atoms with Gasteiger partial charge in [0.1, 0.15) is 5.75 Å². The van der Waals surface area contributed by atoms with E-state index in [2.05, 4.69) is 10.3 Å². The number of thioether (sulfide) groups is 1. The summed E-state index contributed by atoms with van der Waals surface area (Å²) in [7, 11) is 1.55. The van der Waals surface area contributed by atoms with Gasteiger partial charge in [0.15, 0.2) is 5.16 Å². The smallest absolute Gasteiger partial charge is 0.266 e. The number of aromatic nitrogens is 2. The van der Waals surface area contributed by atoms with Crippen LogP contribution in [0, 0.1) is 6.92 Å². The summed E-state index contributed by atoms with van der Waals surface area (Å²) in [6.07, 6.45) is 0. The Morgan fingerprint density at radius 2 is 1.88 bits per heavy atom. The molecule has 0 atom stereocenters. The van der Waals surface area contributed by atoms with Crippen LogP contribution in [-0.4, -0.2) is 28.3 Å². The molecule has 4 rings (SSSR count). The minimum atomic E-state index is -0.260. The molecule has 0 unspecified atom stereocenters. The number of ether oxygens (including phenoxy) is 1. The van der Waals surface area contributed by atoms with E-state index in [9.17, 15) is 9.59 Å². The lowest BCUT2D eigenvalue weighted by molar-refractivity contribution is -0.118. The maximum atomic E-state index is 13.4. The Morgan fingerprint density at radius 3 is 2.64 bits per heavy atom. The van der Waals surface area contributed by atoms with Crippen molar-refractivity contribution in [3.05, 3.63) is 93.2 Å². The normalized spacial score (nSPS) is 10.9. The van der Waals surface area contributed by atoms with E-state index in [0.717, 1.165) is 11.1 Å². The van der Waals surface area contributed by atoms with Crippen molar-refractivity contribution in [3.63, 3.8) is 0 Å². The number of carbonyl (C=O) groups excluding carboxylic acids is 1. The molecular formula is C25H22ClN3O3S. The molecule has 0 radical (unpaired) electrons. The molecule has 1 amide bonds. The summed E-state index contributed by atoms with van der Waals surface area (Å²) >= 11 is 7.31. The Bertz CT molecular complexity index is 1370. The van der Waals surface area contributed by atoms with Gasteiger partial charge in [0.2, 0.25) is 5.91 Å². The number of amides is 1. The van der Waals surface area contributed by atoms with Crippen LogP contribution in [0.15, 0.2) is 76.7 Å². The van der Waals surface area contributed by atoms with Crippen LogP contribution in [0.1, 0.15) is 11.1 Å². The fourth-order valence-corrected chi connectivity index (χ4v) is 4.35. The second kappa shape index (κ2) is 10.1. The number of fused-ring (bicyclic) bond motifs is 1. The van der Waals surface area contributed by atoms with Crippen molar-refractivity contribution in [3.8, 4) is 11.4 Å². The molecule has 0 aliphatic heterocycles. The number of hydrogen-bond donors (Lipinski definition) is 1. The second-order valence-corrected chi connectivity index (χ2v) is 8.80. The van der Waals surface area contributed by atoms with Gasteiger partial charge in [-0.05, 0) is 42.8 Å². The van der Waals surface area contributed by atoms with Crippen molar-refractivity contribution in [1.82, 2.24) is 14.9 Å². The largest absolute Gasteiger partial charge is 0.495 e. The van der Waals surface area contributed by atoms with E-state index in [-0.39, 0.29) is 17.2 Å². The van der Waals surface area contributed by atoms with Gasteiger partial charge in [0.25, 0.3) is 5.56 Å². The summed E-state index contributed by atoms with van der Waals surface area (Å²) in [5, 5.41) is 4.20. The zero-order chi connectivity index (χ0) is 23.4. The van der Waals surface area contributed by atoms with Gasteiger partial charge in [-0.3, -0.25) is 14.2 Å². The average molecular weight is 480 g/mol. The Balaban J connectivity index is 1.64. The van der Waals surface area contributed by atoms with E-state index in [0.29, 0.717) is 39.1 Å². The van der Waals surface area contributed by atoms with Gasteiger partial charge >= 0.3 is 0 Å². The molecule has 4 aromatic rings. The van der Waals surface area contributed by atoms with Crippen LogP contribution in [-0.2, 0) is 11.3 Å². The third-order valence-corrected chi connectivity index (χ3v) is 6.24. The van der Waals surface area contributed by atoms with Crippen LogP contribution in [0.4, 0.5) is 0 Å². The molecule has 1 N–H and O–H groups in total. The van der Waals surface area contributed by atoms with Gasteiger partial charge in [0, 0.05) is 11.6 Å². The number of para-hydroxylation sites is 2. The molecule has 0 aliphatic carbocycles. The molecule has 33 heavy (non-hydrogen) atoms. The first-order valence-corrected chi connectivity index (χ1v) is 11.6. The Kier molecular flexibility index (Phi) is 7.01. The van der Waals surface area contributed by atoms with E-state index >= 15 is 0 Å². The molecule has 0 fully saturated rings. The van der Waals surface area contributed by atoms with E-state index in [1.807, 2.05) is 43.3 Å². The van der Waals surface area contributed by atoms with Gasteiger partial charge < -0.3 is 10.1 Å². The molecule has 3 aromatic carbocycles. The van der Waals surface area contributed by atoms with Crippen LogP contribution >= 0.6 is 23.4 Å². The van der Waals surface area contributed by atoms with E-state index < -0.39 is 0 Å². The maximum absolute atomic E-state index is 13.4. The lowest BCUT2D eigenvalue weighted by Crippen LogP contribution is -2.26. The first kappa shape index (κ1) is 22.9. The topological polar surface area (TPSA) is 73.2 Å². The SMILES string of the molecule is COc1ccccc1-n1c(SCC(=O)NCc2ccc(C)cc2)nc2cc(Cl)ccc2c1=O. The predicted molar refractivity (Wildman–Crippen MR) is 133 cm³/mol. The molecule has 0 spiro atoms. The molecule has 1 heterocycles. The highest BCUT2D eigenvalue weighted by Gasteiger charge is 2.17. The standard InChI is InChI=1S/C25H22ClN3O3S/c1-16-7-9-17(10-8-16)14-27-23(30)15-33-25-28-20-13-18(26)11-12-19(20)24(31)29(25)21-5-3-4-6-22(21)32-2/h3-13H,14-15H2,1-2H3,(H,27,30). The van der Waals surface area contributed by atoms with Crippen molar-refractivity contribution >= 4 is 40.2 Å². The summed E-state index contributed by atoms with van der Waals surface area (Å²) in [4.78, 5) is 30.6. The highest BCUT2D eigenvalue weighted by Crippen LogP contribution is 2.27. The lowest BCUT2D eigenvalue weighted by Gasteiger charge is -2.15. The number of halogens is 1. The van der Waals surface area contributed by atoms with E-state index in [1.54, 1.807) is 37.4 Å². The molecule has 6 nitrogen and oxygen atoms in total. The first-order valence-electron chi connectivity index (χ1n) is 10.3. The summed E-state index contributed by atoms with van der Waals surface area (Å²) in [5.74, 6) is 0.465. The van der Waals surface area contributed by atoms with Crippen molar-refractivity contribution in [2.45, 2.75) is 18.6 Å². The Morgan fingerprint density at radius 1 is 1.12 bits per heavy atom. The number of methoxy groups -OCH3 is 1. The van der Waals surface area contributed by atoms with Crippen molar-refractivity contribution in [1.29, 1.82) is 0 Å². The van der Waals surface area contributed by atoms with Crippen LogP contribution in [0.3, 0.4) is 0 Å². The van der Waals surface area contributed by atoms with Crippen LogP contribution in [0.2, 0.25) is 5.02 Å². The number of hydrogen-bond acceptors (Lipinski definition) is 5. The third kappa shape index (κ3) is 5.21. The minimum absolute atomic E-state index is 0.0967. The zero-order valence-electron chi connectivity index (χ0n) is 18.2. The van der Waals surface area contributed by atoms with Crippen LogP contribution < -0.4 is 15.6 Å². The van der Waals surface area contributed by atoms with Gasteiger partial charge in [-0.25, -0.2) is 4.98 Å². The minimum Gasteiger partial charge on any atom is -0.495 e. The number of aryl methyl sites for hydroxylation is 1. The lowest BCUT2D eigenvalue weighted by atomic mass is 10.1. The summed E-state index contributed by atoms with van der Waals surface area (Å²) in [6, 6.07) is 20.1. The Hall–Kier alpha value is -3.29. The summed E-state index contributed by atoms with van der Waals surface area (Å²) in [6.45, 7) is 2.45. The monoisotopic (exact) mass is 479 g/mol. The summed E-state index contributed by atoms with van der Waals surface area (Å²) < 4.78 is 6.94. The van der Waals surface area contributed by atoms with Crippen LogP contribution in [0.25, 0.3) is 16.6 Å².